The molecule has 0 aromatic carbocycles. The highest BCUT2D eigenvalue weighted by Gasteiger charge is 2.11. The van der Waals surface area contributed by atoms with Gasteiger partial charge in [0, 0.05) is 24.1 Å². The zero-order chi connectivity index (χ0) is 7.23. The van der Waals surface area contributed by atoms with E-state index < -0.39 is 0 Å². The quantitative estimate of drug-likeness (QED) is 0.621. The Morgan fingerprint density at radius 1 is 1.70 bits per heavy atom. The van der Waals surface area contributed by atoms with Crippen LogP contribution in [0.15, 0.2) is 0 Å². The zero-order valence-corrected chi connectivity index (χ0v) is 7.34. The molecule has 1 fully saturated rings. The Morgan fingerprint density at radius 2 is 2.60 bits per heavy atom. The number of hydrogen-bond donors (Lipinski definition) is 2. The molecule has 0 spiro atoms. The van der Waals surface area contributed by atoms with Crippen molar-refractivity contribution < 1.29 is 0 Å². The smallest absolute Gasteiger partial charge is 0.0185 e. The maximum Gasteiger partial charge on any atom is 0.0185 e. The molecule has 0 aromatic rings. The molecule has 1 aliphatic heterocycles. The van der Waals surface area contributed by atoms with Crippen LogP contribution in [0, 0.1) is 0 Å². The van der Waals surface area contributed by atoms with Crippen LogP contribution in [0.1, 0.15) is 6.42 Å². The van der Waals surface area contributed by atoms with E-state index in [-0.39, 0.29) is 0 Å². The first-order valence-electron chi connectivity index (χ1n) is 3.90. The molecule has 1 aliphatic rings. The molecule has 2 N–H and O–H groups in total. The predicted octanol–water partition coefficient (Wildman–Crippen LogP) is 0.301. The van der Waals surface area contributed by atoms with Gasteiger partial charge in [-0.25, -0.2) is 0 Å². The van der Waals surface area contributed by atoms with Gasteiger partial charge < -0.3 is 10.6 Å². The molecule has 3 heteroatoms. The van der Waals surface area contributed by atoms with Gasteiger partial charge in [-0.1, -0.05) is 0 Å². The third-order valence-corrected chi connectivity index (χ3v) is 3.03. The summed E-state index contributed by atoms with van der Waals surface area (Å²) >= 11 is 2.10. The molecule has 0 aliphatic carbocycles. The number of rotatable bonds is 3. The Kier molecular flexibility index (Phi) is 4.18. The van der Waals surface area contributed by atoms with Crippen molar-refractivity contribution in [2.45, 2.75) is 11.7 Å². The fraction of sp³-hybridized carbons (Fsp3) is 1.00. The van der Waals surface area contributed by atoms with Gasteiger partial charge >= 0.3 is 0 Å². The molecule has 10 heavy (non-hydrogen) atoms. The van der Waals surface area contributed by atoms with Gasteiger partial charge in [0.1, 0.15) is 0 Å². The van der Waals surface area contributed by atoms with Crippen molar-refractivity contribution in [3.8, 4) is 0 Å². The first-order chi connectivity index (χ1) is 4.93. The highest BCUT2D eigenvalue weighted by molar-refractivity contribution is 8.00. The van der Waals surface area contributed by atoms with E-state index in [1.165, 1.54) is 25.3 Å². The van der Waals surface area contributed by atoms with Crippen molar-refractivity contribution in [3.63, 3.8) is 0 Å². The van der Waals surface area contributed by atoms with Crippen LogP contribution < -0.4 is 10.6 Å². The SMILES string of the molecule is CNCCC1CNCCS1. The van der Waals surface area contributed by atoms with Crippen molar-refractivity contribution >= 4 is 11.8 Å². The maximum atomic E-state index is 3.40. The van der Waals surface area contributed by atoms with Crippen LogP contribution in [0.3, 0.4) is 0 Å². The van der Waals surface area contributed by atoms with Gasteiger partial charge in [0.15, 0.2) is 0 Å². The van der Waals surface area contributed by atoms with Crippen molar-refractivity contribution in [3.05, 3.63) is 0 Å². The van der Waals surface area contributed by atoms with Gasteiger partial charge in [0.05, 0.1) is 0 Å². The highest BCUT2D eigenvalue weighted by Crippen LogP contribution is 2.15. The van der Waals surface area contributed by atoms with Crippen LogP contribution in [-0.4, -0.2) is 37.7 Å². The van der Waals surface area contributed by atoms with Crippen LogP contribution in [0.25, 0.3) is 0 Å². The predicted molar refractivity (Wildman–Crippen MR) is 47.7 cm³/mol. The Bertz CT molecular complexity index is 81.7. The van der Waals surface area contributed by atoms with E-state index in [4.69, 9.17) is 0 Å². The molecule has 0 aromatic heterocycles. The van der Waals surface area contributed by atoms with Crippen LogP contribution in [0.2, 0.25) is 0 Å². The van der Waals surface area contributed by atoms with E-state index in [0.717, 1.165) is 11.8 Å². The van der Waals surface area contributed by atoms with E-state index >= 15 is 0 Å². The third kappa shape index (κ3) is 2.90. The first kappa shape index (κ1) is 8.37. The van der Waals surface area contributed by atoms with Crippen molar-refractivity contribution in [2.75, 3.05) is 32.4 Å². The Labute approximate surface area is 67.1 Å². The van der Waals surface area contributed by atoms with Crippen LogP contribution in [-0.2, 0) is 0 Å². The summed E-state index contributed by atoms with van der Waals surface area (Å²) in [6, 6.07) is 0. The lowest BCUT2D eigenvalue weighted by Gasteiger charge is -2.21. The average molecular weight is 160 g/mol. The molecule has 1 saturated heterocycles. The summed E-state index contributed by atoms with van der Waals surface area (Å²) in [7, 11) is 2.01. The molecule has 60 valence electrons. The van der Waals surface area contributed by atoms with E-state index in [1.807, 2.05) is 7.05 Å². The normalized spacial score (nSPS) is 26.7. The molecule has 0 bridgehead atoms. The second kappa shape index (κ2) is 4.99. The summed E-state index contributed by atoms with van der Waals surface area (Å²) in [5.41, 5.74) is 0. The number of hydrogen-bond acceptors (Lipinski definition) is 3. The number of nitrogens with one attached hydrogen (secondary N) is 2. The van der Waals surface area contributed by atoms with Gasteiger partial charge in [-0.2, -0.15) is 11.8 Å². The Balaban J connectivity index is 2.02. The van der Waals surface area contributed by atoms with E-state index in [0.29, 0.717) is 0 Å². The van der Waals surface area contributed by atoms with Crippen molar-refractivity contribution in [1.29, 1.82) is 0 Å². The van der Waals surface area contributed by atoms with Gasteiger partial charge in [0.2, 0.25) is 0 Å². The molecule has 1 unspecified atom stereocenters. The van der Waals surface area contributed by atoms with Gasteiger partial charge in [-0.3, -0.25) is 0 Å². The topological polar surface area (TPSA) is 24.1 Å². The Morgan fingerprint density at radius 3 is 3.20 bits per heavy atom. The molecular weight excluding hydrogens is 144 g/mol. The molecule has 1 heterocycles. The second-order valence-corrected chi connectivity index (χ2v) is 4.00. The third-order valence-electron chi connectivity index (χ3n) is 1.72. The van der Waals surface area contributed by atoms with Gasteiger partial charge in [-0.15, -0.1) is 0 Å². The molecule has 1 rings (SSSR count). The lowest BCUT2D eigenvalue weighted by molar-refractivity contribution is 0.618. The molecule has 2 nitrogen and oxygen atoms in total. The summed E-state index contributed by atoms with van der Waals surface area (Å²) in [6.45, 7) is 3.55. The fourth-order valence-corrected chi connectivity index (χ4v) is 2.23. The fourth-order valence-electron chi connectivity index (χ4n) is 1.11. The Hall–Kier alpha value is 0.270. The van der Waals surface area contributed by atoms with Crippen LogP contribution in [0.5, 0.6) is 0 Å². The minimum Gasteiger partial charge on any atom is -0.320 e. The van der Waals surface area contributed by atoms with Crippen molar-refractivity contribution in [1.82, 2.24) is 10.6 Å². The van der Waals surface area contributed by atoms with Crippen LogP contribution in [0.4, 0.5) is 0 Å². The summed E-state index contributed by atoms with van der Waals surface area (Å²) in [5, 5.41) is 7.42. The van der Waals surface area contributed by atoms with Crippen LogP contribution >= 0.6 is 11.8 Å². The monoisotopic (exact) mass is 160 g/mol. The largest absolute Gasteiger partial charge is 0.320 e. The van der Waals surface area contributed by atoms with Crippen molar-refractivity contribution in [2.24, 2.45) is 0 Å². The minimum atomic E-state index is 0.848. The molecule has 1 atom stereocenters. The maximum absolute atomic E-state index is 3.40. The summed E-state index contributed by atoms with van der Waals surface area (Å²) < 4.78 is 0. The summed E-state index contributed by atoms with van der Waals surface area (Å²) in [4.78, 5) is 0. The molecule has 0 amide bonds. The molecule has 0 saturated carbocycles. The molecule has 0 radical (unpaired) electrons. The van der Waals surface area contributed by atoms with Gasteiger partial charge in [0.25, 0.3) is 0 Å². The number of thioether (sulfide) groups is 1. The zero-order valence-electron chi connectivity index (χ0n) is 6.52. The first-order valence-corrected chi connectivity index (χ1v) is 4.95. The lowest BCUT2D eigenvalue weighted by atomic mass is 10.3. The highest BCUT2D eigenvalue weighted by atomic mass is 32.2. The van der Waals surface area contributed by atoms with E-state index in [1.54, 1.807) is 0 Å². The molecular formula is C7H16N2S. The minimum absolute atomic E-state index is 0.848. The summed E-state index contributed by atoms with van der Waals surface area (Å²) in [5.74, 6) is 1.29. The second-order valence-electron chi connectivity index (χ2n) is 2.59. The van der Waals surface area contributed by atoms with E-state index in [9.17, 15) is 0 Å². The average Bonchev–Trinajstić information content (AvgIpc) is 2.03. The van der Waals surface area contributed by atoms with Gasteiger partial charge in [-0.05, 0) is 20.0 Å². The standard InChI is InChI=1S/C7H16N2S/c1-8-3-2-7-6-9-4-5-10-7/h7-9H,2-6H2,1H3. The lowest BCUT2D eigenvalue weighted by Crippen LogP contribution is -2.34. The summed E-state index contributed by atoms with van der Waals surface area (Å²) in [6.07, 6.45) is 1.30. The van der Waals surface area contributed by atoms with E-state index in [2.05, 4.69) is 22.4 Å².